The van der Waals surface area contributed by atoms with E-state index in [-0.39, 0.29) is 38.2 Å². The number of piperidine rings is 2. The number of para-hydroxylation sites is 4. The maximum absolute atomic E-state index is 12.9. The van der Waals surface area contributed by atoms with Crippen molar-refractivity contribution in [2.45, 2.75) is 156 Å². The van der Waals surface area contributed by atoms with Gasteiger partial charge < -0.3 is 51.3 Å². The molecule has 680 valence electrons. The van der Waals surface area contributed by atoms with Gasteiger partial charge in [-0.1, -0.05) is 132 Å². The fourth-order valence-corrected chi connectivity index (χ4v) is 19.1. The van der Waals surface area contributed by atoms with Gasteiger partial charge in [-0.2, -0.15) is 0 Å². The third-order valence-electron chi connectivity index (χ3n) is 21.6. The van der Waals surface area contributed by atoms with Gasteiger partial charge in [0.25, 0.3) is 30.1 Å². The van der Waals surface area contributed by atoms with Crippen molar-refractivity contribution in [3.05, 3.63) is 234 Å². The highest BCUT2D eigenvalue weighted by molar-refractivity contribution is 7.93. The van der Waals surface area contributed by atoms with Gasteiger partial charge in [-0.15, -0.1) is 0 Å². The highest BCUT2D eigenvalue weighted by Gasteiger charge is 2.31. The first-order valence-corrected chi connectivity index (χ1v) is 49.1. The average molecular weight is 1810 g/mol. The van der Waals surface area contributed by atoms with E-state index < -0.39 is 71.4 Å². The Morgan fingerprint density at radius 3 is 1.13 bits per heavy atom. The highest BCUT2D eigenvalue weighted by Crippen LogP contribution is 2.31. The van der Waals surface area contributed by atoms with Crippen LogP contribution in [0.25, 0.3) is 43.6 Å². The summed E-state index contributed by atoms with van der Waals surface area (Å²) in [5, 5.41) is 42.7. The van der Waals surface area contributed by atoms with Crippen LogP contribution in [0.15, 0.2) is 209 Å². The van der Waals surface area contributed by atoms with Gasteiger partial charge in [0.1, 0.15) is 5.54 Å². The monoisotopic (exact) mass is 1810 g/mol. The Balaban J connectivity index is 0.000000178. The number of pyridine rings is 4. The van der Waals surface area contributed by atoms with Crippen LogP contribution in [0.4, 0.5) is 22.7 Å². The van der Waals surface area contributed by atoms with Crippen LogP contribution in [0, 0.1) is 20.8 Å². The van der Waals surface area contributed by atoms with Crippen molar-refractivity contribution in [2.24, 2.45) is 0 Å². The zero-order valence-electron chi connectivity index (χ0n) is 73.4. The molecule has 4 aromatic heterocycles. The number of aliphatic hydroxyl groups is 3. The Kier molecular flexibility index (Phi) is 36.8. The van der Waals surface area contributed by atoms with E-state index in [0.29, 0.717) is 134 Å². The fraction of sp³-hybridized carbons (Fsp3) is 0.394. The molecule has 0 radical (unpaired) electrons. The number of fused-ring (bicyclic) bond motifs is 4. The number of aromatic nitrogens is 4. The Morgan fingerprint density at radius 2 is 0.764 bits per heavy atom. The first-order chi connectivity index (χ1) is 60.8. The number of amides is 3. The molecule has 33 heteroatoms. The average Bonchev–Trinajstić information content (AvgIpc) is 0.805. The molecule has 6 heterocycles. The minimum Gasteiger partial charge on any atom is -0.394 e. The first-order valence-electron chi connectivity index (χ1n) is 43.1. The maximum Gasteiger partial charge on any atom is 0.261 e. The van der Waals surface area contributed by atoms with E-state index in [9.17, 15) is 63.4 Å². The van der Waals surface area contributed by atoms with Crippen molar-refractivity contribution in [2.75, 3.05) is 119 Å². The van der Waals surface area contributed by atoms with E-state index in [1.807, 2.05) is 139 Å². The summed E-state index contributed by atoms with van der Waals surface area (Å²) in [5.74, 6) is -0.299. The quantitative estimate of drug-likeness (QED) is 0.0160. The van der Waals surface area contributed by atoms with Crippen molar-refractivity contribution in [1.82, 2.24) is 55.9 Å². The summed E-state index contributed by atoms with van der Waals surface area (Å²) in [5.41, 5.74) is 8.96. The second kappa shape index (κ2) is 47.4. The van der Waals surface area contributed by atoms with Gasteiger partial charge in [0.2, 0.25) is 27.7 Å². The van der Waals surface area contributed by atoms with Gasteiger partial charge in [-0.05, 0) is 250 Å². The molecule has 2 aliphatic rings. The Morgan fingerprint density at radius 1 is 0.417 bits per heavy atom. The standard InChI is InChI=1S/C28H36N4O3S.C25H32N4O3S.C24H29N3O6S.C17H24N4O2S/c1-22-12-16-25(17-13-22)36(34,35)31-26-10-5-8-23-14-15-24(30-28(23)26)9-6-11-27(33)29-18-7-21-32-19-3-2-4-20-32;1-19-11-15-22(16-12-19)33(31,32)28-23-9-4-7-20-13-14-21(27-25(20)23)8-5-10-24(30)26-17-6-18-29(2)3;1-17-8-12-20(13-9-17)34(32,33)27-21-6-2-4-18-10-11-19(25-23(18)21)5-3-7-22(31)26-24(14-28,15-29)16-30;1-21(2)12-14-7-6-13-4-3-5-16(17(13)19-14)20-24(22,23)15-8-10-18-11-9-15/h5,8,10,12-17,31H,2-4,6-7,9,11,18-21H2,1H3,(H,29,33);4,7,9,11-16,28H,5-6,8,10,17-18H2,1-3H3,(H,26,30);2,4,6,8-13,27-30H,3,5,7,14-16H2,1H3,(H,26,31);3-7,15,18,20H,8-12H2,1-2H3. The van der Waals surface area contributed by atoms with E-state index in [1.54, 1.807) is 109 Å². The molecule has 0 spiro atoms. The number of rotatable bonds is 38. The van der Waals surface area contributed by atoms with Gasteiger partial charge in [0, 0.05) is 77.5 Å². The molecule has 29 nitrogen and oxygen atoms in total. The lowest BCUT2D eigenvalue weighted by Crippen LogP contribution is -2.57. The fourth-order valence-electron chi connectivity index (χ4n) is 14.4. The predicted molar refractivity (Wildman–Crippen MR) is 504 cm³/mol. The molecule has 0 atom stereocenters. The largest absolute Gasteiger partial charge is 0.394 e. The SMILES string of the molecule is CN(C)Cc1ccc2cccc(NS(=O)(=O)C3CCNCC3)c2n1.Cc1ccc(S(=O)(=O)Nc2cccc3ccc(CCCC(=O)NC(CO)(CO)CO)nc23)cc1.Cc1ccc(S(=O)(=O)Nc2cccc3ccc(CCCC(=O)NCCCN(C)C)nc23)cc1.Cc1ccc(S(=O)(=O)Nc2cccc3ccc(CCCC(=O)NCCCN4CCCCC4)nc23)cc1. The van der Waals surface area contributed by atoms with E-state index in [4.69, 9.17) is 9.97 Å². The summed E-state index contributed by atoms with van der Waals surface area (Å²) >= 11 is 0. The topological polar surface area (TPSA) is 406 Å². The van der Waals surface area contributed by atoms with Gasteiger partial charge in [-0.25, -0.2) is 38.7 Å². The predicted octanol–water partition coefficient (Wildman–Crippen LogP) is 11.7. The lowest BCUT2D eigenvalue weighted by molar-refractivity contribution is -0.125. The molecule has 7 aromatic carbocycles. The molecule has 2 fully saturated rings. The van der Waals surface area contributed by atoms with Crippen molar-refractivity contribution < 1.29 is 63.4 Å². The number of hydrogen-bond donors (Lipinski definition) is 11. The number of hydrogen-bond acceptors (Lipinski definition) is 22. The minimum atomic E-state index is -3.79. The summed E-state index contributed by atoms with van der Waals surface area (Å²) in [4.78, 5) is 62.3. The minimum absolute atomic E-state index is 0.0427. The molecular weight excluding hydrogens is 1690 g/mol. The summed E-state index contributed by atoms with van der Waals surface area (Å²) < 4.78 is 113. The van der Waals surface area contributed by atoms with E-state index in [1.165, 1.54) is 32.4 Å². The van der Waals surface area contributed by atoms with Crippen LogP contribution in [0.2, 0.25) is 0 Å². The lowest BCUT2D eigenvalue weighted by Gasteiger charge is -2.28. The maximum atomic E-state index is 12.9. The van der Waals surface area contributed by atoms with Crippen LogP contribution >= 0.6 is 0 Å². The first kappa shape index (κ1) is 98.5. The van der Waals surface area contributed by atoms with E-state index >= 15 is 0 Å². The summed E-state index contributed by atoms with van der Waals surface area (Å²) in [6.07, 6.45) is 11.6. The van der Waals surface area contributed by atoms with Gasteiger partial charge >= 0.3 is 0 Å². The molecule has 0 aliphatic carbocycles. The Labute approximate surface area is 747 Å². The molecule has 0 unspecified atom stereocenters. The normalized spacial score (nSPS) is 13.5. The van der Waals surface area contributed by atoms with Crippen LogP contribution in [0.3, 0.4) is 0 Å². The number of nitrogens with one attached hydrogen (secondary N) is 8. The molecule has 127 heavy (non-hydrogen) atoms. The summed E-state index contributed by atoms with van der Waals surface area (Å²) in [6.45, 7) is 11.9. The molecule has 2 saturated heterocycles. The second-order valence-electron chi connectivity index (χ2n) is 32.8. The molecule has 11 N–H and O–H groups in total. The molecule has 0 bridgehead atoms. The Bertz CT molecular complexity index is 5960. The number of aryl methyl sites for hydroxylation is 6. The van der Waals surface area contributed by atoms with Crippen LogP contribution in [0.1, 0.15) is 123 Å². The zero-order valence-corrected chi connectivity index (χ0v) is 76.7. The number of nitrogens with zero attached hydrogens (tertiary/aromatic N) is 7. The highest BCUT2D eigenvalue weighted by atomic mass is 32.2. The Hall–Kier alpha value is -10.7. The van der Waals surface area contributed by atoms with E-state index in [2.05, 4.69) is 59.9 Å². The molecule has 0 saturated carbocycles. The smallest absolute Gasteiger partial charge is 0.261 e. The lowest BCUT2D eigenvalue weighted by atomic mass is 10.0. The van der Waals surface area contributed by atoms with Crippen LogP contribution in [0.5, 0.6) is 0 Å². The number of sulfonamides is 4. The molecule has 2 aliphatic heterocycles. The number of carbonyl (C=O) groups excluding carboxylic acids is 3. The summed E-state index contributed by atoms with van der Waals surface area (Å²) in [6, 6.07) is 57.1. The second-order valence-corrected chi connectivity index (χ2v) is 39.8. The van der Waals surface area contributed by atoms with Gasteiger partial charge in [0.05, 0.1) is 90.3 Å². The third kappa shape index (κ3) is 30.2. The third-order valence-corrected chi connectivity index (χ3v) is 27.6. The van der Waals surface area contributed by atoms with Gasteiger partial charge in [-0.3, -0.25) is 48.2 Å². The number of aliphatic hydroxyl groups excluding tert-OH is 3. The van der Waals surface area contributed by atoms with Gasteiger partial charge in [0.15, 0.2) is 0 Å². The van der Waals surface area contributed by atoms with Crippen molar-refractivity contribution in [3.8, 4) is 0 Å². The number of benzene rings is 7. The summed E-state index contributed by atoms with van der Waals surface area (Å²) in [7, 11) is -6.66. The van der Waals surface area contributed by atoms with Crippen LogP contribution < -0.4 is 40.2 Å². The number of anilines is 4. The number of carbonyl (C=O) groups is 3. The zero-order chi connectivity index (χ0) is 91.2. The molecule has 3 amide bonds. The van der Waals surface area contributed by atoms with Crippen molar-refractivity contribution >= 4 is 124 Å². The van der Waals surface area contributed by atoms with E-state index in [0.717, 1.165) is 94.3 Å². The molecule has 13 rings (SSSR count). The molecular formula is C94H121N15O14S4. The molecule has 11 aromatic rings. The van der Waals surface area contributed by atoms with Crippen molar-refractivity contribution in [3.63, 3.8) is 0 Å². The van der Waals surface area contributed by atoms with Crippen molar-refractivity contribution in [1.29, 1.82) is 0 Å². The van der Waals surface area contributed by atoms with Crippen LogP contribution in [-0.4, -0.2) is 213 Å². The number of likely N-dealkylation sites (tertiary alicyclic amines) is 1. The van der Waals surface area contributed by atoms with Crippen LogP contribution in [-0.2, 0) is 80.3 Å².